The Bertz CT molecular complexity index is 959. The van der Waals surface area contributed by atoms with Gasteiger partial charge in [-0.2, -0.15) is 0 Å². The lowest BCUT2D eigenvalue weighted by molar-refractivity contribution is 0.0745. The number of rotatable bonds is 5. The lowest BCUT2D eigenvalue weighted by Crippen LogP contribution is -2.49. The van der Waals surface area contributed by atoms with Gasteiger partial charge >= 0.3 is 0 Å². The first kappa shape index (κ1) is 22.8. The van der Waals surface area contributed by atoms with E-state index in [2.05, 4.69) is 0 Å². The minimum Gasteiger partial charge on any atom is -0.493 e. The molecule has 1 saturated heterocycles. The number of halogens is 5. The molecule has 0 bridgehead atoms. The molecule has 0 spiro atoms. The molecule has 2 aromatic carbocycles. The largest absolute Gasteiger partial charge is 0.493 e. The van der Waals surface area contributed by atoms with Crippen LogP contribution in [0.2, 0.25) is 5.02 Å². The van der Waals surface area contributed by atoms with Crippen LogP contribution >= 0.6 is 11.6 Å². The fourth-order valence-corrected chi connectivity index (χ4v) is 3.56. The number of hydrogen-bond acceptors (Lipinski definition) is 5. The van der Waals surface area contributed by atoms with Gasteiger partial charge < -0.3 is 24.0 Å². The van der Waals surface area contributed by atoms with E-state index in [4.69, 9.17) is 25.8 Å². The third-order valence-corrected chi connectivity index (χ3v) is 5.31. The Kier molecular flexibility index (Phi) is 6.68. The number of ether oxygens (including phenoxy) is 3. The van der Waals surface area contributed by atoms with Crippen molar-refractivity contribution in [2.75, 3.05) is 52.4 Å². The highest BCUT2D eigenvalue weighted by atomic mass is 35.5. The minimum absolute atomic E-state index is 0.0511. The average Bonchev–Trinajstić information content (AvgIpc) is 2.80. The van der Waals surface area contributed by atoms with Crippen LogP contribution in [0, 0.1) is 23.3 Å². The first-order valence-corrected chi connectivity index (χ1v) is 9.48. The molecule has 0 radical (unpaired) electrons. The van der Waals surface area contributed by atoms with Gasteiger partial charge in [-0.1, -0.05) is 11.6 Å². The number of carbonyl (C=O) groups excluding carboxylic acids is 1. The van der Waals surface area contributed by atoms with E-state index in [0.717, 1.165) is 4.90 Å². The second-order valence-electron chi connectivity index (χ2n) is 6.61. The van der Waals surface area contributed by atoms with E-state index in [1.54, 1.807) is 0 Å². The second-order valence-corrected chi connectivity index (χ2v) is 6.99. The van der Waals surface area contributed by atoms with Gasteiger partial charge in [0.1, 0.15) is 10.7 Å². The number of piperazine rings is 1. The van der Waals surface area contributed by atoms with Crippen molar-refractivity contribution in [1.82, 2.24) is 4.90 Å². The summed E-state index contributed by atoms with van der Waals surface area (Å²) >= 11 is 5.27. The van der Waals surface area contributed by atoms with Crippen LogP contribution in [-0.2, 0) is 0 Å². The summed E-state index contributed by atoms with van der Waals surface area (Å²) in [5, 5.41) is -1.24. The van der Waals surface area contributed by atoms with Crippen molar-refractivity contribution >= 4 is 23.2 Å². The molecule has 0 atom stereocenters. The number of amides is 1. The fourth-order valence-electron chi connectivity index (χ4n) is 3.39. The number of carbonyl (C=O) groups is 1. The molecule has 2 aromatic rings. The summed E-state index contributed by atoms with van der Waals surface area (Å²) in [6.45, 7) is 0.00943. The number of hydrogen-bond donors (Lipinski definition) is 0. The summed E-state index contributed by atoms with van der Waals surface area (Å²) in [6, 6.07) is 2.97. The molecule has 3 rings (SSSR count). The summed E-state index contributed by atoms with van der Waals surface area (Å²) in [7, 11) is 4.26. The quantitative estimate of drug-likeness (QED) is 0.383. The molecule has 6 nitrogen and oxygen atoms in total. The predicted molar refractivity (Wildman–Crippen MR) is 105 cm³/mol. The van der Waals surface area contributed by atoms with Crippen molar-refractivity contribution in [1.29, 1.82) is 0 Å². The number of anilines is 1. The molecular formula is C20H19ClF4N2O4. The van der Waals surface area contributed by atoms with Crippen molar-refractivity contribution in [3.05, 3.63) is 46.0 Å². The van der Waals surface area contributed by atoms with E-state index in [1.165, 1.54) is 38.4 Å². The predicted octanol–water partition coefficient (Wildman–Crippen LogP) is 3.88. The van der Waals surface area contributed by atoms with Crippen LogP contribution in [0.5, 0.6) is 17.2 Å². The summed E-state index contributed by atoms with van der Waals surface area (Å²) in [6.07, 6.45) is 0. The van der Waals surface area contributed by atoms with Crippen molar-refractivity contribution in [2.24, 2.45) is 0 Å². The van der Waals surface area contributed by atoms with Gasteiger partial charge in [0, 0.05) is 31.7 Å². The maximum Gasteiger partial charge on any atom is 0.254 e. The molecule has 0 aliphatic carbocycles. The normalized spacial score (nSPS) is 13.9. The summed E-state index contributed by atoms with van der Waals surface area (Å²) < 4.78 is 71.7. The second kappa shape index (κ2) is 9.09. The molecule has 11 heteroatoms. The Hall–Kier alpha value is -2.88. The van der Waals surface area contributed by atoms with Gasteiger partial charge in [0.2, 0.25) is 5.75 Å². The van der Waals surface area contributed by atoms with Crippen molar-refractivity contribution < 1.29 is 36.6 Å². The molecule has 168 valence electrons. The van der Waals surface area contributed by atoms with Crippen molar-refractivity contribution in [2.45, 2.75) is 0 Å². The van der Waals surface area contributed by atoms with Crippen LogP contribution in [-0.4, -0.2) is 58.3 Å². The van der Waals surface area contributed by atoms with E-state index in [0.29, 0.717) is 17.2 Å². The van der Waals surface area contributed by atoms with Crippen molar-refractivity contribution in [3.8, 4) is 17.2 Å². The van der Waals surface area contributed by atoms with Crippen molar-refractivity contribution in [3.63, 3.8) is 0 Å². The molecular weight excluding hydrogens is 444 g/mol. The average molecular weight is 463 g/mol. The van der Waals surface area contributed by atoms with Gasteiger partial charge in [-0.15, -0.1) is 0 Å². The third-order valence-electron chi connectivity index (χ3n) is 4.98. The van der Waals surface area contributed by atoms with Gasteiger partial charge in [-0.3, -0.25) is 4.79 Å². The lowest BCUT2D eigenvalue weighted by Gasteiger charge is -2.36. The molecule has 1 aliphatic heterocycles. The highest BCUT2D eigenvalue weighted by molar-refractivity contribution is 6.31. The maximum absolute atomic E-state index is 14.2. The van der Waals surface area contributed by atoms with Gasteiger partial charge in [0.05, 0.1) is 21.3 Å². The fraction of sp³-hybridized carbons (Fsp3) is 0.350. The smallest absolute Gasteiger partial charge is 0.254 e. The summed E-state index contributed by atoms with van der Waals surface area (Å²) in [5.41, 5.74) is -0.594. The van der Waals surface area contributed by atoms with Crippen LogP contribution in [0.25, 0.3) is 0 Å². The minimum atomic E-state index is -1.66. The van der Waals surface area contributed by atoms with Crippen LogP contribution in [0.3, 0.4) is 0 Å². The van der Waals surface area contributed by atoms with Gasteiger partial charge in [-0.05, 0) is 12.1 Å². The molecule has 31 heavy (non-hydrogen) atoms. The highest BCUT2D eigenvalue weighted by Crippen LogP contribution is 2.39. The van der Waals surface area contributed by atoms with E-state index in [9.17, 15) is 22.4 Å². The monoisotopic (exact) mass is 462 g/mol. The van der Waals surface area contributed by atoms with Gasteiger partial charge in [-0.25, -0.2) is 17.6 Å². The molecule has 1 amide bonds. The first-order valence-electron chi connectivity index (χ1n) is 9.10. The maximum atomic E-state index is 14.2. The zero-order chi connectivity index (χ0) is 22.9. The number of methoxy groups -OCH3 is 3. The summed E-state index contributed by atoms with van der Waals surface area (Å²) in [5.74, 6) is -5.95. The van der Waals surface area contributed by atoms with E-state index >= 15 is 0 Å². The molecule has 1 aliphatic rings. The molecule has 0 unspecified atom stereocenters. The van der Waals surface area contributed by atoms with Gasteiger partial charge in [0.15, 0.2) is 34.8 Å². The van der Waals surface area contributed by atoms with Crippen LogP contribution in [0.15, 0.2) is 12.1 Å². The Morgan fingerprint density at radius 2 is 1.32 bits per heavy atom. The van der Waals surface area contributed by atoms with E-state index in [1.807, 2.05) is 0 Å². The van der Waals surface area contributed by atoms with Gasteiger partial charge in [0.25, 0.3) is 5.91 Å². The first-order chi connectivity index (χ1) is 14.7. The molecule has 0 N–H and O–H groups in total. The molecule has 0 aromatic heterocycles. The molecule has 1 heterocycles. The zero-order valence-electron chi connectivity index (χ0n) is 16.9. The topological polar surface area (TPSA) is 51.2 Å². The number of benzene rings is 2. The lowest BCUT2D eigenvalue weighted by atomic mass is 10.1. The Morgan fingerprint density at radius 3 is 1.74 bits per heavy atom. The van der Waals surface area contributed by atoms with E-state index < -0.39 is 34.0 Å². The number of nitrogens with zero attached hydrogens (tertiary/aromatic N) is 2. The molecule has 0 saturated carbocycles. The van der Waals surface area contributed by atoms with Crippen LogP contribution < -0.4 is 19.1 Å². The third kappa shape index (κ3) is 4.04. The Labute approximate surface area is 180 Å². The molecule has 1 fully saturated rings. The highest BCUT2D eigenvalue weighted by Gasteiger charge is 2.31. The van der Waals surface area contributed by atoms with Crippen LogP contribution in [0.4, 0.5) is 23.2 Å². The zero-order valence-corrected chi connectivity index (χ0v) is 17.7. The standard InChI is InChI=1S/C20H19ClF4N2O4/c1-29-11-8-10(9-12(30-2)19(11)31-3)20(28)27-6-4-26(5-7-27)18-16(24)14(22)13(21)15(23)17(18)25/h8-9H,4-7H2,1-3H3. The SMILES string of the molecule is COc1cc(C(=O)N2CCN(c3c(F)c(F)c(Cl)c(F)c3F)CC2)cc(OC)c1OC. The Balaban J connectivity index is 1.82. The summed E-state index contributed by atoms with van der Waals surface area (Å²) in [4.78, 5) is 15.5. The Morgan fingerprint density at radius 1 is 0.839 bits per heavy atom. The van der Waals surface area contributed by atoms with E-state index in [-0.39, 0.29) is 37.6 Å². The van der Waals surface area contributed by atoms with Crippen LogP contribution in [0.1, 0.15) is 10.4 Å².